The number of halogens is 1. The van der Waals surface area contributed by atoms with Crippen LogP contribution in [0.4, 0.5) is 0 Å². The van der Waals surface area contributed by atoms with Gasteiger partial charge in [-0.15, -0.1) is 0 Å². The third-order valence-corrected chi connectivity index (χ3v) is 3.46. The summed E-state index contributed by atoms with van der Waals surface area (Å²) in [7, 11) is 0. The molecule has 0 aromatic heterocycles. The monoisotopic (exact) mass is 288 g/mol. The summed E-state index contributed by atoms with van der Waals surface area (Å²) in [5.41, 5.74) is 1.71. The molecular formula is C16H13ClO3. The fraction of sp³-hybridized carbons (Fsp3) is 0.188. The summed E-state index contributed by atoms with van der Waals surface area (Å²) in [6, 6.07) is 12.9. The van der Waals surface area contributed by atoms with E-state index in [1.807, 2.05) is 24.3 Å². The number of carbonyl (C=O) groups is 1. The average Bonchev–Trinajstić information content (AvgIpc) is 2.92. The lowest BCUT2D eigenvalue weighted by atomic mass is 10.0. The molecule has 0 atom stereocenters. The maximum Gasteiger partial charge on any atom is 0.231 e. The van der Waals surface area contributed by atoms with E-state index in [2.05, 4.69) is 0 Å². The predicted octanol–water partition coefficient (Wildman–Crippen LogP) is 3.88. The third-order valence-electron chi connectivity index (χ3n) is 3.22. The first-order valence-electron chi connectivity index (χ1n) is 6.40. The maximum absolute atomic E-state index is 12.2. The van der Waals surface area contributed by atoms with Crippen LogP contribution in [0.15, 0.2) is 42.5 Å². The Labute approximate surface area is 122 Å². The number of hydrogen-bond donors (Lipinski definition) is 0. The molecule has 102 valence electrons. The molecule has 0 radical (unpaired) electrons. The lowest BCUT2D eigenvalue weighted by Gasteiger charge is -2.04. The molecule has 2 aromatic carbocycles. The van der Waals surface area contributed by atoms with Crippen molar-refractivity contribution in [2.45, 2.75) is 12.8 Å². The van der Waals surface area contributed by atoms with Gasteiger partial charge in [-0.3, -0.25) is 4.79 Å². The van der Waals surface area contributed by atoms with E-state index in [-0.39, 0.29) is 12.6 Å². The van der Waals surface area contributed by atoms with Gasteiger partial charge < -0.3 is 9.47 Å². The van der Waals surface area contributed by atoms with Crippen LogP contribution in [-0.4, -0.2) is 12.6 Å². The number of carbonyl (C=O) groups excluding carboxylic acids is 1. The first-order valence-corrected chi connectivity index (χ1v) is 6.77. The molecule has 2 aromatic rings. The Balaban J connectivity index is 1.67. The van der Waals surface area contributed by atoms with Crippen molar-refractivity contribution >= 4 is 17.4 Å². The van der Waals surface area contributed by atoms with E-state index in [0.717, 1.165) is 5.56 Å². The molecule has 1 heterocycles. The summed E-state index contributed by atoms with van der Waals surface area (Å²) >= 11 is 5.93. The van der Waals surface area contributed by atoms with Crippen molar-refractivity contribution in [1.82, 2.24) is 0 Å². The molecule has 0 saturated carbocycles. The normalized spacial score (nSPS) is 12.4. The molecule has 1 aliphatic rings. The highest BCUT2D eigenvalue weighted by Crippen LogP contribution is 2.32. The second-order valence-electron chi connectivity index (χ2n) is 4.62. The molecular weight excluding hydrogens is 276 g/mol. The predicted molar refractivity (Wildman–Crippen MR) is 76.7 cm³/mol. The second kappa shape index (κ2) is 5.55. The summed E-state index contributed by atoms with van der Waals surface area (Å²) < 4.78 is 10.5. The Bertz CT molecular complexity index is 652. The van der Waals surface area contributed by atoms with Gasteiger partial charge in [0.25, 0.3) is 0 Å². The first kappa shape index (κ1) is 13.0. The number of ketones is 1. The molecule has 0 fully saturated rings. The van der Waals surface area contributed by atoms with Crippen LogP contribution in [0.2, 0.25) is 5.02 Å². The molecule has 0 aliphatic carbocycles. The Hall–Kier alpha value is -2.00. The molecule has 4 heteroatoms. The summed E-state index contributed by atoms with van der Waals surface area (Å²) in [5.74, 6) is 1.42. The van der Waals surface area contributed by atoms with Crippen LogP contribution in [-0.2, 0) is 6.42 Å². The van der Waals surface area contributed by atoms with E-state index < -0.39 is 0 Å². The minimum atomic E-state index is 0.0864. The van der Waals surface area contributed by atoms with Gasteiger partial charge >= 0.3 is 0 Å². The Morgan fingerprint density at radius 1 is 1.10 bits per heavy atom. The van der Waals surface area contributed by atoms with E-state index in [4.69, 9.17) is 21.1 Å². The van der Waals surface area contributed by atoms with Crippen molar-refractivity contribution in [2.24, 2.45) is 0 Å². The standard InChI is InChI=1S/C16H13ClO3/c17-13-3-1-2-11(8-13)4-6-14(18)12-5-7-15-16(9-12)20-10-19-15/h1-3,5,7-9H,4,6,10H2. The molecule has 0 bridgehead atoms. The van der Waals surface area contributed by atoms with Crippen molar-refractivity contribution in [1.29, 1.82) is 0 Å². The van der Waals surface area contributed by atoms with Crippen LogP contribution in [0.1, 0.15) is 22.3 Å². The zero-order valence-corrected chi connectivity index (χ0v) is 11.5. The van der Waals surface area contributed by atoms with Crippen molar-refractivity contribution in [3.63, 3.8) is 0 Å². The van der Waals surface area contributed by atoms with Crippen LogP contribution in [0.3, 0.4) is 0 Å². The summed E-state index contributed by atoms with van der Waals surface area (Å²) in [4.78, 5) is 12.2. The van der Waals surface area contributed by atoms with Gasteiger partial charge in [-0.05, 0) is 42.3 Å². The van der Waals surface area contributed by atoms with Gasteiger partial charge in [0.15, 0.2) is 17.3 Å². The highest BCUT2D eigenvalue weighted by Gasteiger charge is 2.16. The summed E-state index contributed by atoms with van der Waals surface area (Å²) in [6.45, 7) is 0.218. The largest absolute Gasteiger partial charge is 0.454 e. The number of rotatable bonds is 4. The molecule has 0 unspecified atom stereocenters. The second-order valence-corrected chi connectivity index (χ2v) is 5.06. The van der Waals surface area contributed by atoms with Gasteiger partial charge in [0.2, 0.25) is 6.79 Å². The van der Waals surface area contributed by atoms with Crippen molar-refractivity contribution in [2.75, 3.05) is 6.79 Å². The zero-order chi connectivity index (χ0) is 13.9. The number of Topliss-reactive ketones (excluding diaryl/α,β-unsaturated/α-hetero) is 1. The van der Waals surface area contributed by atoms with Gasteiger partial charge in [0.1, 0.15) is 0 Å². The highest BCUT2D eigenvalue weighted by atomic mass is 35.5. The molecule has 3 nitrogen and oxygen atoms in total. The highest BCUT2D eigenvalue weighted by molar-refractivity contribution is 6.30. The van der Waals surface area contributed by atoms with Gasteiger partial charge in [-0.25, -0.2) is 0 Å². The van der Waals surface area contributed by atoms with Crippen LogP contribution in [0.5, 0.6) is 11.5 Å². The number of aryl methyl sites for hydroxylation is 1. The van der Waals surface area contributed by atoms with E-state index >= 15 is 0 Å². The summed E-state index contributed by atoms with van der Waals surface area (Å²) in [5, 5.41) is 0.693. The van der Waals surface area contributed by atoms with Crippen LogP contribution in [0.25, 0.3) is 0 Å². The lowest BCUT2D eigenvalue weighted by Crippen LogP contribution is -2.01. The fourth-order valence-corrected chi connectivity index (χ4v) is 2.38. The zero-order valence-electron chi connectivity index (χ0n) is 10.8. The number of fused-ring (bicyclic) bond motifs is 1. The van der Waals surface area contributed by atoms with E-state index in [9.17, 15) is 4.79 Å². The number of ether oxygens (including phenoxy) is 2. The van der Waals surface area contributed by atoms with Gasteiger partial charge in [-0.1, -0.05) is 23.7 Å². The van der Waals surface area contributed by atoms with Gasteiger partial charge in [0.05, 0.1) is 0 Å². The van der Waals surface area contributed by atoms with Crippen molar-refractivity contribution in [3.05, 3.63) is 58.6 Å². The van der Waals surface area contributed by atoms with Crippen molar-refractivity contribution in [3.8, 4) is 11.5 Å². The molecule has 0 saturated heterocycles. The molecule has 0 N–H and O–H groups in total. The van der Waals surface area contributed by atoms with Gasteiger partial charge in [0, 0.05) is 17.0 Å². The van der Waals surface area contributed by atoms with Gasteiger partial charge in [-0.2, -0.15) is 0 Å². The molecule has 3 rings (SSSR count). The smallest absolute Gasteiger partial charge is 0.231 e. The minimum absolute atomic E-state index is 0.0864. The molecule has 20 heavy (non-hydrogen) atoms. The van der Waals surface area contributed by atoms with E-state index in [1.165, 1.54) is 0 Å². The lowest BCUT2D eigenvalue weighted by molar-refractivity contribution is 0.0982. The minimum Gasteiger partial charge on any atom is -0.454 e. The third kappa shape index (κ3) is 2.78. The maximum atomic E-state index is 12.2. The topological polar surface area (TPSA) is 35.5 Å². The Morgan fingerprint density at radius 2 is 1.95 bits per heavy atom. The quantitative estimate of drug-likeness (QED) is 0.801. The molecule has 0 spiro atoms. The first-order chi connectivity index (χ1) is 9.72. The molecule has 0 amide bonds. The number of hydrogen-bond acceptors (Lipinski definition) is 3. The molecule has 1 aliphatic heterocycles. The van der Waals surface area contributed by atoms with Crippen LogP contribution in [0, 0.1) is 0 Å². The van der Waals surface area contributed by atoms with Crippen LogP contribution < -0.4 is 9.47 Å². The Morgan fingerprint density at radius 3 is 2.80 bits per heavy atom. The average molecular weight is 289 g/mol. The summed E-state index contributed by atoms with van der Waals surface area (Å²) in [6.07, 6.45) is 1.12. The number of benzene rings is 2. The Kier molecular flexibility index (Phi) is 3.61. The van der Waals surface area contributed by atoms with E-state index in [0.29, 0.717) is 34.9 Å². The fourth-order valence-electron chi connectivity index (χ4n) is 2.16. The SMILES string of the molecule is O=C(CCc1cccc(Cl)c1)c1ccc2c(c1)OCO2. The van der Waals surface area contributed by atoms with E-state index in [1.54, 1.807) is 18.2 Å². The van der Waals surface area contributed by atoms with Crippen molar-refractivity contribution < 1.29 is 14.3 Å². The van der Waals surface area contributed by atoms with Crippen LogP contribution >= 0.6 is 11.6 Å².